The first kappa shape index (κ1) is 15.6. The predicted octanol–water partition coefficient (Wildman–Crippen LogP) is 4.80. The average molecular weight is 402 g/mol. The largest absolute Gasteiger partial charge is 0.357 e. The third-order valence-corrected chi connectivity index (χ3v) is 5.56. The molecule has 1 fully saturated rings. The Bertz CT molecular complexity index is 880. The smallest absolute Gasteiger partial charge is 0.270 e. The fourth-order valence-electron chi connectivity index (χ4n) is 2.92. The fourth-order valence-corrected chi connectivity index (χ4v) is 4.14. The predicted molar refractivity (Wildman–Crippen MR) is 100 cm³/mol. The van der Waals surface area contributed by atoms with Crippen LogP contribution in [0.25, 0.3) is 21.8 Å². The highest BCUT2D eigenvalue weighted by Crippen LogP contribution is 2.30. The van der Waals surface area contributed by atoms with Gasteiger partial charge < -0.3 is 9.88 Å². The number of benzene rings is 1. The number of likely N-dealkylation sites (tertiary alicyclic amines) is 1. The molecule has 4 nitrogen and oxygen atoms in total. The maximum atomic E-state index is 12.4. The molecule has 1 N–H and O–H groups in total. The molecule has 24 heavy (non-hydrogen) atoms. The van der Waals surface area contributed by atoms with E-state index in [1.807, 2.05) is 40.7 Å². The van der Waals surface area contributed by atoms with E-state index in [4.69, 9.17) is 4.98 Å². The lowest BCUT2D eigenvalue weighted by atomic mass is 10.2. The molecule has 1 amide bonds. The van der Waals surface area contributed by atoms with Gasteiger partial charge in [0.05, 0.1) is 5.69 Å². The van der Waals surface area contributed by atoms with Crippen LogP contribution in [-0.2, 0) is 0 Å². The Balaban J connectivity index is 1.58. The molecule has 3 aromatic rings. The number of nitrogens with one attached hydrogen (secondary N) is 1. The van der Waals surface area contributed by atoms with Crippen molar-refractivity contribution >= 4 is 33.2 Å². The summed E-state index contributed by atoms with van der Waals surface area (Å²) in [5.74, 6) is 0.0844. The van der Waals surface area contributed by atoms with Gasteiger partial charge in [0, 0.05) is 40.3 Å². The molecule has 0 unspecified atom stereocenters. The number of carbonyl (C=O) groups excluding carboxylic acids is 1. The average Bonchev–Trinajstić information content (AvgIpc) is 3.34. The van der Waals surface area contributed by atoms with Crippen LogP contribution in [0.15, 0.2) is 46.4 Å². The molecule has 6 heteroatoms. The van der Waals surface area contributed by atoms with Crippen LogP contribution < -0.4 is 0 Å². The minimum Gasteiger partial charge on any atom is -0.357 e. The highest BCUT2D eigenvalue weighted by molar-refractivity contribution is 9.10. The number of thiazole rings is 1. The van der Waals surface area contributed by atoms with Crippen molar-refractivity contribution in [3.8, 4) is 21.8 Å². The van der Waals surface area contributed by atoms with Crippen molar-refractivity contribution in [3.63, 3.8) is 0 Å². The van der Waals surface area contributed by atoms with Crippen LogP contribution in [0.1, 0.15) is 23.3 Å². The van der Waals surface area contributed by atoms with Gasteiger partial charge >= 0.3 is 0 Å². The van der Waals surface area contributed by atoms with Crippen molar-refractivity contribution in [1.82, 2.24) is 14.9 Å². The van der Waals surface area contributed by atoms with Gasteiger partial charge in [-0.2, -0.15) is 0 Å². The van der Waals surface area contributed by atoms with E-state index >= 15 is 0 Å². The lowest BCUT2D eigenvalue weighted by Crippen LogP contribution is -2.27. The fraction of sp³-hybridized carbons (Fsp3) is 0.222. The van der Waals surface area contributed by atoms with Crippen LogP contribution in [0, 0.1) is 0 Å². The molecule has 2 aromatic heterocycles. The number of halogens is 1. The third kappa shape index (κ3) is 3.03. The summed E-state index contributed by atoms with van der Waals surface area (Å²) in [6.07, 6.45) is 4.06. The molecule has 1 aromatic carbocycles. The zero-order valence-electron chi connectivity index (χ0n) is 13.0. The molecular formula is C18H16BrN3OS. The number of H-pyrrole nitrogens is 1. The second-order valence-corrected chi connectivity index (χ2v) is 7.62. The second-order valence-electron chi connectivity index (χ2n) is 5.85. The molecule has 0 saturated carbocycles. The van der Waals surface area contributed by atoms with Crippen molar-refractivity contribution in [1.29, 1.82) is 0 Å². The summed E-state index contributed by atoms with van der Waals surface area (Å²) in [6.45, 7) is 1.72. The summed E-state index contributed by atoms with van der Waals surface area (Å²) in [5.41, 5.74) is 3.58. The van der Waals surface area contributed by atoms with Gasteiger partial charge in [0.1, 0.15) is 10.7 Å². The molecule has 4 rings (SSSR count). The SMILES string of the molecule is O=C(c1cc(-c2csc(-c3cccc(Br)c3)n2)c[nH]1)N1CCCC1. The maximum Gasteiger partial charge on any atom is 0.270 e. The van der Waals surface area contributed by atoms with E-state index in [9.17, 15) is 4.79 Å². The van der Waals surface area contributed by atoms with Crippen LogP contribution in [0.3, 0.4) is 0 Å². The lowest BCUT2D eigenvalue weighted by Gasteiger charge is -2.13. The molecule has 3 heterocycles. The van der Waals surface area contributed by atoms with Crippen LogP contribution in [-0.4, -0.2) is 33.9 Å². The number of hydrogen-bond donors (Lipinski definition) is 1. The maximum absolute atomic E-state index is 12.4. The van der Waals surface area contributed by atoms with E-state index < -0.39 is 0 Å². The van der Waals surface area contributed by atoms with Crippen LogP contribution in [0.5, 0.6) is 0 Å². The standard InChI is InChI=1S/C18H16BrN3OS/c19-14-5-3-4-12(8-14)17-21-16(11-24-17)13-9-15(20-10-13)18(23)22-6-1-2-7-22/h3-5,8-11,20H,1-2,6-7H2. The van der Waals surface area contributed by atoms with Gasteiger partial charge in [-0.1, -0.05) is 28.1 Å². The Labute approximate surface area is 152 Å². The van der Waals surface area contributed by atoms with Crippen molar-refractivity contribution in [2.75, 3.05) is 13.1 Å². The van der Waals surface area contributed by atoms with Crippen molar-refractivity contribution in [3.05, 3.63) is 52.1 Å². The molecule has 1 saturated heterocycles. The third-order valence-electron chi connectivity index (χ3n) is 4.18. The second kappa shape index (κ2) is 6.53. The zero-order valence-corrected chi connectivity index (χ0v) is 15.4. The number of nitrogens with zero attached hydrogens (tertiary/aromatic N) is 2. The van der Waals surface area contributed by atoms with E-state index in [1.54, 1.807) is 11.3 Å². The molecule has 122 valence electrons. The Kier molecular flexibility index (Phi) is 4.24. The minimum atomic E-state index is 0.0844. The highest BCUT2D eigenvalue weighted by Gasteiger charge is 2.21. The van der Waals surface area contributed by atoms with E-state index in [0.29, 0.717) is 5.69 Å². The number of rotatable bonds is 3. The zero-order chi connectivity index (χ0) is 16.5. The molecule has 0 bridgehead atoms. The number of carbonyl (C=O) groups is 1. The van der Waals surface area contributed by atoms with Gasteiger partial charge in [-0.15, -0.1) is 11.3 Å². The van der Waals surface area contributed by atoms with E-state index in [0.717, 1.165) is 52.2 Å². The monoisotopic (exact) mass is 401 g/mol. The van der Waals surface area contributed by atoms with Crippen LogP contribution >= 0.6 is 27.3 Å². The lowest BCUT2D eigenvalue weighted by molar-refractivity contribution is 0.0788. The first-order valence-electron chi connectivity index (χ1n) is 7.90. The Morgan fingerprint density at radius 3 is 2.83 bits per heavy atom. The number of hydrogen-bond acceptors (Lipinski definition) is 3. The molecule has 0 aliphatic carbocycles. The van der Waals surface area contributed by atoms with Crippen LogP contribution in [0.4, 0.5) is 0 Å². The van der Waals surface area contributed by atoms with Gasteiger partial charge in [-0.05, 0) is 31.0 Å². The number of aromatic nitrogens is 2. The summed E-state index contributed by atoms with van der Waals surface area (Å²) in [7, 11) is 0. The number of aromatic amines is 1. The first-order valence-corrected chi connectivity index (χ1v) is 9.57. The van der Waals surface area contributed by atoms with Crippen molar-refractivity contribution in [2.45, 2.75) is 12.8 Å². The van der Waals surface area contributed by atoms with Gasteiger partial charge in [-0.3, -0.25) is 4.79 Å². The summed E-state index contributed by atoms with van der Waals surface area (Å²) < 4.78 is 1.04. The Morgan fingerprint density at radius 1 is 1.21 bits per heavy atom. The number of amides is 1. The van der Waals surface area contributed by atoms with Gasteiger partial charge in [0.2, 0.25) is 0 Å². The summed E-state index contributed by atoms with van der Waals surface area (Å²) in [5, 5.41) is 3.00. The molecular weight excluding hydrogens is 386 g/mol. The molecule has 0 spiro atoms. The molecule has 0 atom stereocenters. The highest BCUT2D eigenvalue weighted by atomic mass is 79.9. The quantitative estimate of drug-likeness (QED) is 0.684. The van der Waals surface area contributed by atoms with Crippen molar-refractivity contribution < 1.29 is 4.79 Å². The molecule has 1 aliphatic heterocycles. The van der Waals surface area contributed by atoms with E-state index in [-0.39, 0.29) is 5.91 Å². The minimum absolute atomic E-state index is 0.0844. The molecule has 0 radical (unpaired) electrons. The van der Waals surface area contributed by atoms with E-state index in [1.165, 1.54) is 0 Å². The van der Waals surface area contributed by atoms with Gasteiger partial charge in [0.25, 0.3) is 5.91 Å². The Morgan fingerprint density at radius 2 is 2.04 bits per heavy atom. The normalized spacial score (nSPS) is 14.3. The summed E-state index contributed by atoms with van der Waals surface area (Å²) in [4.78, 5) is 22.2. The summed E-state index contributed by atoms with van der Waals surface area (Å²) >= 11 is 5.10. The van der Waals surface area contributed by atoms with Gasteiger partial charge in [0.15, 0.2) is 0 Å². The Hall–Kier alpha value is -1.92. The molecule has 1 aliphatic rings. The summed E-state index contributed by atoms with van der Waals surface area (Å²) in [6, 6.07) is 10.0. The topological polar surface area (TPSA) is 49.0 Å². The van der Waals surface area contributed by atoms with Crippen molar-refractivity contribution in [2.24, 2.45) is 0 Å². The first-order chi connectivity index (χ1) is 11.7. The van der Waals surface area contributed by atoms with Crippen LogP contribution in [0.2, 0.25) is 0 Å². The van der Waals surface area contributed by atoms with E-state index in [2.05, 4.69) is 27.0 Å². The van der Waals surface area contributed by atoms with Gasteiger partial charge in [-0.25, -0.2) is 4.98 Å².